The summed E-state index contributed by atoms with van der Waals surface area (Å²) in [5.41, 5.74) is 1.22. The molecule has 18 heavy (non-hydrogen) atoms. The summed E-state index contributed by atoms with van der Waals surface area (Å²) in [6, 6.07) is 10.1. The summed E-state index contributed by atoms with van der Waals surface area (Å²) in [5.74, 6) is 0.804. The first kappa shape index (κ1) is 12.7. The number of nitrogens with zero attached hydrogens (tertiary/aromatic N) is 3. The maximum absolute atomic E-state index is 11.9. The molecule has 1 aromatic heterocycles. The molecule has 0 spiro atoms. The molecule has 0 aliphatic carbocycles. The smallest absolute Gasteiger partial charge is 0.329 e. The predicted molar refractivity (Wildman–Crippen MR) is 72.7 cm³/mol. The zero-order valence-electron chi connectivity index (χ0n) is 10.4. The van der Waals surface area contributed by atoms with Gasteiger partial charge in [-0.25, -0.2) is 14.3 Å². The highest BCUT2D eigenvalue weighted by atomic mass is 32.2. The van der Waals surface area contributed by atoms with Crippen LogP contribution in [0.5, 0.6) is 0 Å². The topological polar surface area (TPSA) is 38.1 Å². The average molecular weight is 261 g/mol. The summed E-state index contributed by atoms with van der Waals surface area (Å²) in [4.78, 5) is 17.6. The fourth-order valence-electron chi connectivity index (χ4n) is 1.48. The van der Waals surface area contributed by atoms with Crippen molar-refractivity contribution in [2.75, 3.05) is 14.1 Å². The summed E-state index contributed by atoms with van der Waals surface area (Å²) in [7, 11) is 3.46. The molecule has 0 aliphatic heterocycles. The molecule has 0 aliphatic rings. The van der Waals surface area contributed by atoms with Gasteiger partial charge in [-0.15, -0.1) is 0 Å². The molecule has 0 saturated carbocycles. The highest BCUT2D eigenvalue weighted by molar-refractivity contribution is 7.98. The first-order chi connectivity index (χ1) is 8.68. The van der Waals surface area contributed by atoms with Crippen LogP contribution >= 0.6 is 11.8 Å². The number of rotatable bonds is 3. The Bertz CT molecular complexity index is 522. The van der Waals surface area contributed by atoms with Crippen LogP contribution < -0.4 is 0 Å². The molecule has 2 aromatic rings. The van der Waals surface area contributed by atoms with Gasteiger partial charge in [0.15, 0.2) is 5.16 Å². The number of aromatic nitrogens is 2. The molecule has 1 aromatic carbocycles. The van der Waals surface area contributed by atoms with Crippen molar-refractivity contribution in [3.05, 3.63) is 48.3 Å². The van der Waals surface area contributed by atoms with E-state index in [1.54, 1.807) is 42.8 Å². The number of carbonyl (C=O) groups excluding carboxylic acids is 1. The van der Waals surface area contributed by atoms with Crippen LogP contribution in [0.2, 0.25) is 0 Å². The lowest BCUT2D eigenvalue weighted by Crippen LogP contribution is -2.27. The van der Waals surface area contributed by atoms with Crippen LogP contribution in [0.4, 0.5) is 4.79 Å². The summed E-state index contributed by atoms with van der Waals surface area (Å²) in [6.45, 7) is 0. The van der Waals surface area contributed by atoms with E-state index in [-0.39, 0.29) is 6.03 Å². The largest absolute Gasteiger partial charge is 0.330 e. The minimum atomic E-state index is -0.0805. The van der Waals surface area contributed by atoms with Gasteiger partial charge in [0.2, 0.25) is 0 Å². The second-order valence-corrected chi connectivity index (χ2v) is 4.97. The molecule has 0 unspecified atom stereocenters. The van der Waals surface area contributed by atoms with Gasteiger partial charge in [-0.05, 0) is 5.56 Å². The Kier molecular flexibility index (Phi) is 4.04. The Balaban J connectivity index is 2.07. The predicted octanol–water partition coefficient (Wildman–Crippen LogP) is 2.71. The fraction of sp³-hybridized carbons (Fsp3) is 0.231. The third-order valence-electron chi connectivity index (χ3n) is 2.41. The van der Waals surface area contributed by atoms with Crippen molar-refractivity contribution < 1.29 is 4.79 Å². The van der Waals surface area contributed by atoms with Crippen molar-refractivity contribution in [1.29, 1.82) is 0 Å². The molecule has 0 N–H and O–H groups in total. The van der Waals surface area contributed by atoms with Gasteiger partial charge in [-0.1, -0.05) is 42.1 Å². The molecule has 0 saturated heterocycles. The van der Waals surface area contributed by atoms with Crippen molar-refractivity contribution in [2.24, 2.45) is 0 Å². The van der Waals surface area contributed by atoms with Gasteiger partial charge < -0.3 is 4.90 Å². The monoisotopic (exact) mass is 261 g/mol. The highest BCUT2D eigenvalue weighted by Crippen LogP contribution is 2.21. The minimum absolute atomic E-state index is 0.0805. The van der Waals surface area contributed by atoms with E-state index in [0.29, 0.717) is 0 Å². The SMILES string of the molecule is CN(C)C(=O)n1ccnc1SCc1ccccc1. The van der Waals surface area contributed by atoms with Crippen LogP contribution in [0.15, 0.2) is 47.9 Å². The number of thioether (sulfide) groups is 1. The van der Waals surface area contributed by atoms with Crippen LogP contribution in [0.1, 0.15) is 5.56 Å². The normalized spacial score (nSPS) is 10.3. The van der Waals surface area contributed by atoms with Crippen molar-refractivity contribution in [3.8, 4) is 0 Å². The van der Waals surface area contributed by atoms with Crippen molar-refractivity contribution in [1.82, 2.24) is 14.5 Å². The van der Waals surface area contributed by atoms with Gasteiger partial charge in [-0.3, -0.25) is 0 Å². The Hall–Kier alpha value is -1.75. The molecule has 1 heterocycles. The van der Waals surface area contributed by atoms with Crippen LogP contribution in [-0.2, 0) is 5.75 Å². The lowest BCUT2D eigenvalue weighted by atomic mass is 10.2. The molecule has 0 radical (unpaired) electrons. The van der Waals surface area contributed by atoms with Crippen LogP contribution in [0, 0.1) is 0 Å². The number of benzene rings is 1. The number of hydrogen-bond donors (Lipinski definition) is 0. The number of imidazole rings is 1. The molecule has 4 nitrogen and oxygen atoms in total. The fourth-order valence-corrected chi connectivity index (χ4v) is 2.38. The zero-order valence-corrected chi connectivity index (χ0v) is 11.2. The lowest BCUT2D eigenvalue weighted by molar-refractivity contribution is 0.217. The van der Waals surface area contributed by atoms with Crippen LogP contribution in [0.3, 0.4) is 0 Å². The molecule has 5 heteroatoms. The van der Waals surface area contributed by atoms with Gasteiger partial charge in [0.25, 0.3) is 0 Å². The second kappa shape index (κ2) is 5.73. The maximum atomic E-state index is 11.9. The molecular weight excluding hydrogens is 246 g/mol. The summed E-state index contributed by atoms with van der Waals surface area (Å²) in [5, 5.41) is 0.720. The van der Waals surface area contributed by atoms with E-state index >= 15 is 0 Å². The van der Waals surface area contributed by atoms with Crippen LogP contribution in [0.25, 0.3) is 0 Å². The Morgan fingerprint density at radius 2 is 2.06 bits per heavy atom. The van der Waals surface area contributed by atoms with E-state index in [1.807, 2.05) is 18.2 Å². The Morgan fingerprint density at radius 1 is 1.33 bits per heavy atom. The third-order valence-corrected chi connectivity index (χ3v) is 3.44. The van der Waals surface area contributed by atoms with E-state index < -0.39 is 0 Å². The molecule has 0 bridgehead atoms. The summed E-state index contributed by atoms with van der Waals surface area (Å²) in [6.07, 6.45) is 3.34. The number of hydrogen-bond acceptors (Lipinski definition) is 3. The van der Waals surface area contributed by atoms with Gasteiger partial charge >= 0.3 is 6.03 Å². The van der Waals surface area contributed by atoms with E-state index in [0.717, 1.165) is 10.9 Å². The molecule has 2 rings (SSSR count). The zero-order chi connectivity index (χ0) is 13.0. The van der Waals surface area contributed by atoms with Gasteiger partial charge in [0, 0.05) is 32.2 Å². The second-order valence-electron chi connectivity index (χ2n) is 4.03. The standard InChI is InChI=1S/C13H15N3OS/c1-15(2)13(17)16-9-8-14-12(16)18-10-11-6-4-3-5-7-11/h3-9H,10H2,1-2H3. The summed E-state index contributed by atoms with van der Waals surface area (Å²) >= 11 is 1.56. The van der Waals surface area contributed by atoms with Gasteiger partial charge in [0.05, 0.1) is 0 Å². The lowest BCUT2D eigenvalue weighted by Gasteiger charge is -2.12. The average Bonchev–Trinajstić information content (AvgIpc) is 2.84. The first-order valence-electron chi connectivity index (χ1n) is 5.60. The maximum Gasteiger partial charge on any atom is 0.329 e. The minimum Gasteiger partial charge on any atom is -0.330 e. The van der Waals surface area contributed by atoms with E-state index in [4.69, 9.17) is 0 Å². The molecule has 0 fully saturated rings. The van der Waals surface area contributed by atoms with Crippen molar-refractivity contribution in [3.63, 3.8) is 0 Å². The van der Waals surface area contributed by atoms with Gasteiger partial charge in [-0.2, -0.15) is 0 Å². The third kappa shape index (κ3) is 2.92. The quantitative estimate of drug-likeness (QED) is 0.797. The van der Waals surface area contributed by atoms with Crippen molar-refractivity contribution in [2.45, 2.75) is 10.9 Å². The summed E-state index contributed by atoms with van der Waals surface area (Å²) < 4.78 is 1.56. The van der Waals surface area contributed by atoms with Gasteiger partial charge in [0.1, 0.15) is 0 Å². The molecule has 0 atom stereocenters. The Labute approximate surface area is 111 Å². The molecule has 94 valence electrons. The number of amides is 1. The highest BCUT2D eigenvalue weighted by Gasteiger charge is 2.12. The number of carbonyl (C=O) groups is 1. The van der Waals surface area contributed by atoms with E-state index in [2.05, 4.69) is 17.1 Å². The van der Waals surface area contributed by atoms with E-state index in [1.165, 1.54) is 10.5 Å². The molecular formula is C13H15N3OS. The Morgan fingerprint density at radius 3 is 2.72 bits per heavy atom. The van der Waals surface area contributed by atoms with Crippen molar-refractivity contribution >= 4 is 17.8 Å². The first-order valence-corrected chi connectivity index (χ1v) is 6.59. The van der Waals surface area contributed by atoms with Crippen LogP contribution in [-0.4, -0.2) is 34.6 Å². The molecule has 1 amide bonds. The van der Waals surface area contributed by atoms with E-state index in [9.17, 15) is 4.79 Å².